The first-order valence-electron chi connectivity index (χ1n) is 5.63. The molecular formula is C15H18. The average molecular weight is 198 g/mol. The molecule has 2 aliphatic rings. The maximum atomic E-state index is 2.32. The van der Waals surface area contributed by atoms with E-state index in [-0.39, 0.29) is 5.41 Å². The summed E-state index contributed by atoms with van der Waals surface area (Å²) in [7, 11) is 0. The Hall–Kier alpha value is -1.30. The number of rotatable bonds is 1. The van der Waals surface area contributed by atoms with E-state index >= 15 is 0 Å². The Labute approximate surface area is 92.4 Å². The summed E-state index contributed by atoms with van der Waals surface area (Å²) in [5.41, 5.74) is 2.87. The van der Waals surface area contributed by atoms with E-state index in [1.165, 1.54) is 24.0 Å². The zero-order valence-electron chi connectivity index (χ0n) is 9.53. The van der Waals surface area contributed by atoms with E-state index in [9.17, 15) is 0 Å². The van der Waals surface area contributed by atoms with Crippen LogP contribution in [0.5, 0.6) is 0 Å². The lowest BCUT2D eigenvalue weighted by Crippen LogP contribution is -2.00. The Bertz CT molecular complexity index is 384. The number of allylic oxidation sites excluding steroid dienone is 10. The van der Waals surface area contributed by atoms with Gasteiger partial charge in [-0.3, -0.25) is 0 Å². The second-order valence-corrected chi connectivity index (χ2v) is 4.78. The summed E-state index contributed by atoms with van der Waals surface area (Å²) in [4.78, 5) is 0. The molecule has 0 saturated heterocycles. The van der Waals surface area contributed by atoms with Crippen molar-refractivity contribution >= 4 is 0 Å². The minimum atomic E-state index is 0.178. The number of hydrogen-bond donors (Lipinski definition) is 0. The summed E-state index contributed by atoms with van der Waals surface area (Å²) in [5, 5.41) is 0. The van der Waals surface area contributed by atoms with Gasteiger partial charge < -0.3 is 0 Å². The normalized spacial score (nSPS) is 23.3. The molecule has 0 amide bonds. The van der Waals surface area contributed by atoms with E-state index in [1.807, 2.05) is 0 Å². The third-order valence-corrected chi connectivity index (χ3v) is 2.82. The highest BCUT2D eigenvalue weighted by molar-refractivity contribution is 5.50. The van der Waals surface area contributed by atoms with Crippen LogP contribution in [0.15, 0.2) is 59.8 Å². The summed E-state index contributed by atoms with van der Waals surface area (Å²) < 4.78 is 0. The molecular weight excluding hydrogens is 180 g/mol. The minimum Gasteiger partial charge on any atom is -0.0836 e. The van der Waals surface area contributed by atoms with Crippen molar-refractivity contribution in [3.05, 3.63) is 59.8 Å². The molecule has 0 heteroatoms. The molecule has 15 heavy (non-hydrogen) atoms. The molecule has 0 spiro atoms. The predicted octanol–water partition coefficient (Wildman–Crippen LogP) is 4.34. The molecule has 0 aromatic rings. The Morgan fingerprint density at radius 2 is 1.87 bits per heavy atom. The summed E-state index contributed by atoms with van der Waals surface area (Å²) in [6, 6.07) is 0. The van der Waals surface area contributed by atoms with Gasteiger partial charge in [-0.15, -0.1) is 0 Å². The summed E-state index contributed by atoms with van der Waals surface area (Å²) in [5.74, 6) is 0. The summed E-state index contributed by atoms with van der Waals surface area (Å²) in [6.45, 7) is 4.45. The van der Waals surface area contributed by atoms with Crippen LogP contribution in [0.1, 0.15) is 26.7 Å². The number of hydrogen-bond acceptors (Lipinski definition) is 0. The average Bonchev–Trinajstić information content (AvgIpc) is 2.41. The molecule has 0 bridgehead atoms. The summed E-state index contributed by atoms with van der Waals surface area (Å²) in [6.07, 6.45) is 20.3. The molecule has 78 valence electrons. The highest BCUT2D eigenvalue weighted by atomic mass is 14.2. The van der Waals surface area contributed by atoms with Gasteiger partial charge in [-0.2, -0.15) is 0 Å². The van der Waals surface area contributed by atoms with Crippen LogP contribution >= 0.6 is 0 Å². The van der Waals surface area contributed by atoms with Crippen molar-refractivity contribution in [2.75, 3.05) is 0 Å². The van der Waals surface area contributed by atoms with Gasteiger partial charge in [-0.1, -0.05) is 62.5 Å². The lowest BCUT2D eigenvalue weighted by atomic mass is 9.92. The van der Waals surface area contributed by atoms with Crippen molar-refractivity contribution in [3.8, 4) is 0 Å². The van der Waals surface area contributed by atoms with Crippen molar-refractivity contribution in [1.29, 1.82) is 0 Å². The lowest BCUT2D eigenvalue weighted by molar-refractivity contribution is 0.627. The molecule has 0 saturated carbocycles. The zero-order chi connectivity index (χ0) is 10.7. The molecule has 0 fully saturated rings. The first kappa shape index (κ1) is 10.2. The van der Waals surface area contributed by atoms with E-state index in [1.54, 1.807) is 0 Å². The predicted molar refractivity (Wildman–Crippen MR) is 66.6 cm³/mol. The third kappa shape index (κ3) is 2.59. The molecule has 0 aromatic carbocycles. The van der Waals surface area contributed by atoms with Crippen LogP contribution in [-0.2, 0) is 0 Å². The van der Waals surface area contributed by atoms with Crippen LogP contribution < -0.4 is 0 Å². The molecule has 0 heterocycles. The maximum Gasteiger partial charge on any atom is 0.00109 e. The van der Waals surface area contributed by atoms with E-state index in [0.29, 0.717) is 0 Å². The fourth-order valence-electron chi connectivity index (χ4n) is 1.84. The van der Waals surface area contributed by atoms with E-state index in [2.05, 4.69) is 62.5 Å². The van der Waals surface area contributed by atoms with Gasteiger partial charge in [0.25, 0.3) is 0 Å². The van der Waals surface area contributed by atoms with Crippen molar-refractivity contribution < 1.29 is 0 Å². The Balaban J connectivity index is 2.25. The largest absolute Gasteiger partial charge is 0.0836 e. The molecule has 0 aliphatic heterocycles. The quantitative estimate of drug-likeness (QED) is 0.588. The molecule has 0 radical (unpaired) electrons. The second-order valence-electron chi connectivity index (χ2n) is 4.78. The first-order chi connectivity index (χ1) is 7.17. The maximum absolute atomic E-state index is 2.32. The lowest BCUT2D eigenvalue weighted by Gasteiger charge is -2.13. The molecule has 0 aromatic heterocycles. The van der Waals surface area contributed by atoms with Crippen LogP contribution in [0, 0.1) is 5.41 Å². The molecule has 0 nitrogen and oxygen atoms in total. The first-order valence-corrected chi connectivity index (χ1v) is 5.63. The van der Waals surface area contributed by atoms with Gasteiger partial charge in [0.1, 0.15) is 0 Å². The Kier molecular flexibility index (Phi) is 2.77. The van der Waals surface area contributed by atoms with Crippen LogP contribution in [-0.4, -0.2) is 0 Å². The monoisotopic (exact) mass is 198 g/mol. The van der Waals surface area contributed by atoms with E-state index < -0.39 is 0 Å². The van der Waals surface area contributed by atoms with Gasteiger partial charge >= 0.3 is 0 Å². The highest BCUT2D eigenvalue weighted by Crippen LogP contribution is 2.26. The molecule has 0 N–H and O–H groups in total. The van der Waals surface area contributed by atoms with Crippen molar-refractivity contribution in [3.63, 3.8) is 0 Å². The van der Waals surface area contributed by atoms with Crippen LogP contribution in [0.2, 0.25) is 0 Å². The van der Waals surface area contributed by atoms with E-state index in [4.69, 9.17) is 0 Å². The van der Waals surface area contributed by atoms with Crippen LogP contribution in [0.25, 0.3) is 0 Å². The van der Waals surface area contributed by atoms with Gasteiger partial charge in [-0.05, 0) is 24.0 Å². The van der Waals surface area contributed by atoms with Gasteiger partial charge in [0.2, 0.25) is 0 Å². The molecule has 2 rings (SSSR count). The Morgan fingerprint density at radius 3 is 2.60 bits per heavy atom. The van der Waals surface area contributed by atoms with E-state index in [0.717, 1.165) is 0 Å². The Morgan fingerprint density at radius 1 is 1.00 bits per heavy atom. The second kappa shape index (κ2) is 4.06. The van der Waals surface area contributed by atoms with Crippen molar-refractivity contribution in [2.24, 2.45) is 5.41 Å². The highest BCUT2D eigenvalue weighted by Gasteiger charge is 2.11. The van der Waals surface area contributed by atoms with Crippen LogP contribution in [0.4, 0.5) is 0 Å². The molecule has 0 atom stereocenters. The molecule has 0 unspecified atom stereocenters. The van der Waals surface area contributed by atoms with Crippen molar-refractivity contribution in [2.45, 2.75) is 26.7 Å². The summed E-state index contributed by atoms with van der Waals surface area (Å²) >= 11 is 0. The van der Waals surface area contributed by atoms with Crippen LogP contribution in [0.3, 0.4) is 0 Å². The zero-order valence-corrected chi connectivity index (χ0v) is 9.53. The standard InChI is InChI=1S/C15H18/c1-15(2)11-6-9-14(10-12-15)13-7-4-3-5-8-13/h4,6-12H,3,5H2,1-2H3. The van der Waals surface area contributed by atoms with Crippen molar-refractivity contribution in [1.82, 2.24) is 0 Å². The fourth-order valence-corrected chi connectivity index (χ4v) is 1.84. The molecule has 2 aliphatic carbocycles. The van der Waals surface area contributed by atoms with Gasteiger partial charge in [0.15, 0.2) is 0 Å². The van der Waals surface area contributed by atoms with Gasteiger partial charge in [-0.25, -0.2) is 0 Å². The van der Waals surface area contributed by atoms with Gasteiger partial charge in [0.05, 0.1) is 0 Å². The smallest absolute Gasteiger partial charge is 0.00109 e. The minimum absolute atomic E-state index is 0.178. The fraction of sp³-hybridized carbons (Fsp3) is 0.333. The topological polar surface area (TPSA) is 0 Å². The van der Waals surface area contributed by atoms with Gasteiger partial charge in [0, 0.05) is 5.41 Å². The third-order valence-electron chi connectivity index (χ3n) is 2.82. The SMILES string of the molecule is CC1(C)C=CC=C(C2=CCCC=C2)C=C1.